The summed E-state index contributed by atoms with van der Waals surface area (Å²) in [5.41, 5.74) is 1.37. The average Bonchev–Trinajstić information content (AvgIpc) is 2.39. The van der Waals surface area contributed by atoms with Crippen molar-refractivity contribution in [3.8, 4) is 0 Å². The second-order valence-corrected chi connectivity index (χ2v) is 5.67. The molecule has 0 spiro atoms. The summed E-state index contributed by atoms with van der Waals surface area (Å²) in [6.07, 6.45) is 3.33. The zero-order chi connectivity index (χ0) is 15.1. The first-order chi connectivity index (χ1) is 9.47. The van der Waals surface area contributed by atoms with E-state index in [0.29, 0.717) is 11.1 Å². The molecular formula is C15H20FNO2S. The lowest BCUT2D eigenvalue weighted by atomic mass is 10.1. The highest BCUT2D eigenvalue weighted by Crippen LogP contribution is 2.15. The number of benzene rings is 1. The lowest BCUT2D eigenvalue weighted by Gasteiger charge is -2.20. The normalized spacial score (nSPS) is 14.8. The quantitative estimate of drug-likeness (QED) is 0.793. The summed E-state index contributed by atoms with van der Waals surface area (Å²) in [6.45, 7) is 3.62. The van der Waals surface area contributed by atoms with Crippen LogP contribution in [0.4, 0.5) is 4.39 Å². The fraction of sp³-hybridized carbons (Fsp3) is 0.400. The van der Waals surface area contributed by atoms with E-state index in [1.54, 1.807) is 19.1 Å². The molecule has 2 atom stereocenters. The number of aliphatic hydroxyl groups is 1. The van der Waals surface area contributed by atoms with Gasteiger partial charge in [0.2, 0.25) is 5.91 Å². The summed E-state index contributed by atoms with van der Waals surface area (Å²) in [7, 11) is 0. The van der Waals surface area contributed by atoms with Gasteiger partial charge in [0.1, 0.15) is 5.82 Å². The largest absolute Gasteiger partial charge is 0.395 e. The zero-order valence-electron chi connectivity index (χ0n) is 11.9. The minimum Gasteiger partial charge on any atom is -0.395 e. The van der Waals surface area contributed by atoms with E-state index in [1.807, 2.05) is 13.2 Å². The summed E-state index contributed by atoms with van der Waals surface area (Å²) in [6, 6.07) is 5.98. The molecule has 0 aliphatic rings. The average molecular weight is 297 g/mol. The Kier molecular flexibility index (Phi) is 6.75. The first-order valence-electron chi connectivity index (χ1n) is 6.36. The predicted octanol–water partition coefficient (Wildman–Crippen LogP) is 2.46. The van der Waals surface area contributed by atoms with Crippen molar-refractivity contribution in [1.29, 1.82) is 0 Å². The molecule has 2 unspecified atom stereocenters. The molecule has 1 amide bonds. The number of thioether (sulfide) groups is 1. The van der Waals surface area contributed by atoms with E-state index in [0.717, 1.165) is 0 Å². The minimum absolute atomic E-state index is 0.00913. The number of halogens is 1. The molecule has 1 rings (SSSR count). The Balaban J connectivity index is 2.71. The number of aliphatic hydroxyl groups excluding tert-OH is 1. The Hall–Kier alpha value is -1.33. The van der Waals surface area contributed by atoms with Gasteiger partial charge < -0.3 is 10.4 Å². The van der Waals surface area contributed by atoms with Gasteiger partial charge in [-0.3, -0.25) is 4.79 Å². The van der Waals surface area contributed by atoms with Crippen LogP contribution < -0.4 is 5.32 Å². The molecule has 1 aromatic rings. The summed E-state index contributed by atoms with van der Waals surface area (Å²) < 4.78 is 13.1. The first kappa shape index (κ1) is 16.7. The van der Waals surface area contributed by atoms with Crippen LogP contribution in [-0.2, 0) is 4.79 Å². The lowest BCUT2D eigenvalue weighted by Crippen LogP contribution is -2.40. The van der Waals surface area contributed by atoms with E-state index in [-0.39, 0.29) is 29.6 Å². The summed E-state index contributed by atoms with van der Waals surface area (Å²) >= 11 is 1.50. The molecule has 0 radical (unpaired) electrons. The fourth-order valence-corrected chi connectivity index (χ4v) is 2.43. The molecule has 0 bridgehead atoms. The van der Waals surface area contributed by atoms with E-state index in [1.165, 1.54) is 30.0 Å². The maximum absolute atomic E-state index is 13.1. The third kappa shape index (κ3) is 4.98. The Morgan fingerprint density at radius 3 is 2.80 bits per heavy atom. The van der Waals surface area contributed by atoms with Gasteiger partial charge in [-0.25, -0.2) is 4.39 Å². The van der Waals surface area contributed by atoms with Crippen molar-refractivity contribution in [2.24, 2.45) is 0 Å². The van der Waals surface area contributed by atoms with E-state index in [2.05, 4.69) is 5.32 Å². The van der Waals surface area contributed by atoms with Crippen molar-refractivity contribution in [3.63, 3.8) is 0 Å². The number of carbonyl (C=O) groups is 1. The number of hydrogen-bond donors (Lipinski definition) is 2. The summed E-state index contributed by atoms with van der Waals surface area (Å²) in [5, 5.41) is 11.9. The van der Waals surface area contributed by atoms with Gasteiger partial charge in [0.15, 0.2) is 0 Å². The molecule has 20 heavy (non-hydrogen) atoms. The minimum atomic E-state index is -0.327. The van der Waals surface area contributed by atoms with Crippen LogP contribution in [-0.4, -0.2) is 35.2 Å². The van der Waals surface area contributed by atoms with Gasteiger partial charge in [-0.05, 0) is 43.4 Å². The molecule has 0 fully saturated rings. The maximum Gasteiger partial charge on any atom is 0.244 e. The van der Waals surface area contributed by atoms with Crippen LogP contribution in [0.5, 0.6) is 0 Å². The van der Waals surface area contributed by atoms with Gasteiger partial charge in [-0.2, -0.15) is 11.8 Å². The highest BCUT2D eigenvalue weighted by atomic mass is 32.2. The molecule has 0 saturated carbocycles. The molecule has 1 aromatic carbocycles. The predicted molar refractivity (Wildman–Crippen MR) is 82.0 cm³/mol. The first-order valence-corrected chi connectivity index (χ1v) is 7.65. The molecule has 2 N–H and O–H groups in total. The number of hydrogen-bond acceptors (Lipinski definition) is 3. The van der Waals surface area contributed by atoms with Crippen LogP contribution in [0.1, 0.15) is 19.4 Å². The van der Waals surface area contributed by atoms with Crippen molar-refractivity contribution >= 4 is 23.2 Å². The maximum atomic E-state index is 13.1. The van der Waals surface area contributed by atoms with E-state index in [9.17, 15) is 14.3 Å². The second-order valence-electron chi connectivity index (χ2n) is 4.59. The number of allylic oxidation sites excluding steroid dienone is 1. The Labute approximate surface area is 123 Å². The summed E-state index contributed by atoms with van der Waals surface area (Å²) in [5.74, 6) is -0.571. The van der Waals surface area contributed by atoms with Crippen molar-refractivity contribution in [2.45, 2.75) is 25.1 Å². The molecule has 0 aliphatic carbocycles. The van der Waals surface area contributed by atoms with Gasteiger partial charge in [-0.15, -0.1) is 0 Å². The molecule has 0 aliphatic heterocycles. The van der Waals surface area contributed by atoms with Gasteiger partial charge in [0.25, 0.3) is 0 Å². The number of nitrogens with one attached hydrogen (secondary N) is 1. The summed E-state index contributed by atoms with van der Waals surface area (Å²) in [4.78, 5) is 11.9. The van der Waals surface area contributed by atoms with Crippen LogP contribution in [0.15, 0.2) is 30.3 Å². The Morgan fingerprint density at radius 2 is 2.25 bits per heavy atom. The van der Waals surface area contributed by atoms with Gasteiger partial charge in [0.05, 0.1) is 6.61 Å². The van der Waals surface area contributed by atoms with Gasteiger partial charge in [0, 0.05) is 17.4 Å². The highest BCUT2D eigenvalue weighted by molar-refractivity contribution is 7.99. The van der Waals surface area contributed by atoms with Gasteiger partial charge >= 0.3 is 0 Å². The van der Waals surface area contributed by atoms with Crippen LogP contribution >= 0.6 is 11.8 Å². The highest BCUT2D eigenvalue weighted by Gasteiger charge is 2.16. The van der Waals surface area contributed by atoms with Gasteiger partial charge in [-0.1, -0.05) is 12.1 Å². The fourth-order valence-electron chi connectivity index (χ4n) is 1.81. The van der Waals surface area contributed by atoms with Crippen molar-refractivity contribution in [3.05, 3.63) is 41.7 Å². The number of carbonyl (C=O) groups excluding carboxylic acids is 1. The molecule has 3 nitrogen and oxygen atoms in total. The standard InChI is InChI=1S/C15H20FNO2S/c1-10(12-5-4-6-13(16)8-12)7-15(19)17-11(2)14(9-18)20-3/h4-8,11,14,18H,9H2,1-3H3,(H,17,19)/b10-7-. The molecule has 110 valence electrons. The number of rotatable bonds is 6. The third-order valence-corrected chi connectivity index (χ3v) is 4.20. The lowest BCUT2D eigenvalue weighted by molar-refractivity contribution is -0.117. The van der Waals surface area contributed by atoms with Crippen molar-refractivity contribution < 1.29 is 14.3 Å². The van der Waals surface area contributed by atoms with Crippen molar-refractivity contribution in [2.75, 3.05) is 12.9 Å². The Morgan fingerprint density at radius 1 is 1.55 bits per heavy atom. The SMILES string of the molecule is CSC(CO)C(C)NC(=O)/C=C(/C)c1cccc(F)c1. The second kappa shape index (κ2) is 8.07. The van der Waals surface area contributed by atoms with Crippen LogP contribution in [0.2, 0.25) is 0 Å². The zero-order valence-corrected chi connectivity index (χ0v) is 12.7. The van der Waals surface area contributed by atoms with Crippen LogP contribution in [0.3, 0.4) is 0 Å². The van der Waals surface area contributed by atoms with Crippen molar-refractivity contribution in [1.82, 2.24) is 5.32 Å². The Bertz CT molecular complexity index is 487. The molecule has 0 saturated heterocycles. The molecule has 0 heterocycles. The van der Waals surface area contributed by atoms with E-state index < -0.39 is 0 Å². The van der Waals surface area contributed by atoms with Crippen LogP contribution in [0, 0.1) is 5.82 Å². The smallest absolute Gasteiger partial charge is 0.244 e. The topological polar surface area (TPSA) is 49.3 Å². The molecular weight excluding hydrogens is 277 g/mol. The monoisotopic (exact) mass is 297 g/mol. The van der Waals surface area contributed by atoms with E-state index in [4.69, 9.17) is 0 Å². The third-order valence-electron chi connectivity index (χ3n) is 3.04. The van der Waals surface area contributed by atoms with E-state index >= 15 is 0 Å². The van der Waals surface area contributed by atoms with Crippen LogP contribution in [0.25, 0.3) is 5.57 Å². The molecule has 0 aromatic heterocycles. The number of amides is 1. The molecule has 5 heteroatoms.